The number of cyclic esters (lactones) is 2. The fourth-order valence-corrected chi connectivity index (χ4v) is 13.9. The smallest absolute Gasteiger partial charge is 1.00 e. The number of hydrogen-bond acceptors (Lipinski definition) is 18. The third-order valence-electron chi connectivity index (χ3n) is 15.3. The first kappa shape index (κ1) is 92.8. The van der Waals surface area contributed by atoms with Crippen LogP contribution in [0.15, 0.2) is 130 Å². The molecule has 2 aliphatic heterocycles. The van der Waals surface area contributed by atoms with Gasteiger partial charge in [-0.1, -0.05) is 150 Å². The second-order valence-electron chi connectivity index (χ2n) is 22.8. The third kappa shape index (κ3) is 26.2. The molecule has 524 valence electrons. The zero-order valence-corrected chi connectivity index (χ0v) is 81.7. The molecule has 4 aromatic heterocycles. The molecule has 10 rings (SSSR count). The number of carboxylic acid groups (broad SMARTS) is 2. The molecule has 4 aromatic carbocycles. The predicted octanol–water partition coefficient (Wildman–Crippen LogP) is -1.03. The number of aryl methyl sites for hydroxylation is 2. The van der Waals surface area contributed by atoms with Crippen molar-refractivity contribution in [3.05, 3.63) is 162 Å². The molecule has 101 heavy (non-hydrogen) atoms. The molecule has 0 radical (unpaired) electrons. The number of nitrogens with zero attached hydrogens (tertiary/aromatic N) is 5. The normalized spacial score (nSPS) is 14.3. The standard InChI is InChI=1S/C33H35IN4O7S.C17H16IN3O4S.C16H20BrNO3.CH2O3.2Cs.HI.Na/c1-20-12-14-23(15-13-20)28-27(30(39)35-3)25-18-26(34)29(36-31(25)45-28)37(46(4,42)43)16-8-9-21(2)32(40)38-24(19-44-33(38)41)17-22-10-6-5-7-11-22;1-9-4-6-10(7-5-9)14-13(16(22)19-2)11-8-12(18)15(20-17(11)25-14)21-26(3,23)24;1-12(6-5-9-17)15(19)18-14(11-21-16(18)20)10-13-7-3-2-4-8-13;2-1(3)4;;;;/h5-7,10-15,18,21,24H,8-9,16-17,19H2,1-4H3,(H,35,39);4-8H,1-3H3,(H,19,22)(H,20,21);2-4,7-8,12,14H,5-6,9-11H2,1H3;(H2,2,3,4);;;1H;/q;;;;2*+1;;+1/p-2/t21-,24-;;12-,14-;;;;;/m0.0...../s1. The van der Waals surface area contributed by atoms with E-state index in [0.29, 0.717) is 71.8 Å². The summed E-state index contributed by atoms with van der Waals surface area (Å²) < 4.78 is 76.0. The van der Waals surface area contributed by atoms with Gasteiger partial charge in [0.1, 0.15) is 24.7 Å². The van der Waals surface area contributed by atoms with Crippen molar-refractivity contribution in [3.63, 3.8) is 0 Å². The van der Waals surface area contributed by atoms with Crippen molar-refractivity contribution >= 4 is 157 Å². The zero-order chi connectivity index (χ0) is 71.1. The first-order valence-electron chi connectivity index (χ1n) is 30.3. The fourth-order valence-electron chi connectivity index (χ4n) is 10.5. The molecule has 25 nitrogen and oxygen atoms in total. The molecular formula is C67H72BrCs2I3N8NaO17S2+. The molecular weight excluding hydrogens is 2000 g/mol. The maximum absolute atomic E-state index is 13.4. The Balaban J connectivity index is 0.000000409. The van der Waals surface area contributed by atoms with E-state index in [0.717, 1.165) is 58.5 Å². The van der Waals surface area contributed by atoms with Crippen molar-refractivity contribution in [1.82, 2.24) is 30.4 Å². The molecule has 6 amide bonds. The van der Waals surface area contributed by atoms with Gasteiger partial charge in [-0.05, 0) is 121 Å². The van der Waals surface area contributed by atoms with Crippen LogP contribution in [0.5, 0.6) is 0 Å². The molecule has 0 bridgehead atoms. The Kier molecular flexibility index (Phi) is 40.1. The maximum atomic E-state index is 13.4. The van der Waals surface area contributed by atoms with Crippen LogP contribution in [0.3, 0.4) is 0 Å². The monoisotopic (exact) mass is 2070 g/mol. The Morgan fingerprint density at radius 2 is 1.05 bits per heavy atom. The summed E-state index contributed by atoms with van der Waals surface area (Å²) >= 11 is 7.33. The number of amides is 6. The quantitative estimate of drug-likeness (QED) is 0.0380. The van der Waals surface area contributed by atoms with Gasteiger partial charge >= 0.3 is 180 Å². The molecule has 0 spiro atoms. The molecule has 2 saturated heterocycles. The van der Waals surface area contributed by atoms with Gasteiger partial charge in [0.15, 0.2) is 11.6 Å². The largest absolute Gasteiger partial charge is 1.00 e. The predicted molar refractivity (Wildman–Crippen MR) is 384 cm³/mol. The summed E-state index contributed by atoms with van der Waals surface area (Å²) in [4.78, 5) is 95.5. The summed E-state index contributed by atoms with van der Waals surface area (Å²) in [6.45, 7) is 7.97. The Hall–Kier alpha value is -2.38. The molecule has 0 unspecified atom stereocenters. The number of rotatable bonds is 21. The number of pyridine rings is 2. The van der Waals surface area contributed by atoms with Gasteiger partial charge in [0.2, 0.25) is 49.4 Å². The minimum Gasteiger partial charge on any atom is -1.00 e. The number of anilines is 2. The number of aromatic nitrogens is 2. The van der Waals surface area contributed by atoms with Gasteiger partial charge in [0, 0.05) is 48.9 Å². The topological polar surface area (TPSA) is 347 Å². The number of carbonyl (C=O) groups excluding carboxylic acids is 6. The number of nitrogens with one attached hydrogen (secondary N) is 3. The Labute approximate surface area is 779 Å². The van der Waals surface area contributed by atoms with Crippen LogP contribution in [0.1, 0.15) is 82.5 Å². The van der Waals surface area contributed by atoms with Crippen LogP contribution < -0.4 is 216 Å². The van der Waals surface area contributed by atoms with Crippen molar-refractivity contribution < 1.29 is 270 Å². The van der Waals surface area contributed by atoms with Gasteiger partial charge in [0.25, 0.3) is 11.8 Å². The van der Waals surface area contributed by atoms with Crippen LogP contribution in [-0.4, -0.2) is 147 Å². The molecule has 34 heteroatoms. The minimum atomic E-state index is -3.80. The maximum Gasteiger partial charge on any atom is 1.00 e. The van der Waals surface area contributed by atoms with Crippen molar-refractivity contribution in [3.8, 4) is 22.6 Å². The van der Waals surface area contributed by atoms with Gasteiger partial charge in [-0.15, -0.1) is 0 Å². The Bertz CT molecular complexity index is 4420. The zero-order valence-electron chi connectivity index (χ0n) is 57.5. The molecule has 2 fully saturated rings. The second-order valence-corrected chi connectivity index (χ2v) is 29.6. The van der Waals surface area contributed by atoms with E-state index in [9.17, 15) is 45.6 Å². The minimum absolute atomic E-state index is 0. The molecule has 2 aliphatic rings. The van der Waals surface area contributed by atoms with Crippen LogP contribution in [0.25, 0.3) is 44.8 Å². The number of carbonyl (C=O) groups is 7. The van der Waals surface area contributed by atoms with Crippen molar-refractivity contribution in [2.45, 2.75) is 78.3 Å². The molecule has 4 atom stereocenters. The van der Waals surface area contributed by atoms with Gasteiger partial charge in [-0.2, -0.15) is 9.97 Å². The summed E-state index contributed by atoms with van der Waals surface area (Å²) in [5.41, 5.74) is 6.62. The van der Waals surface area contributed by atoms with Gasteiger partial charge < -0.3 is 67.9 Å². The number of halogens is 4. The average Bonchev–Trinajstić information content (AvgIpc) is 1.63. The number of alkyl halides is 1. The van der Waals surface area contributed by atoms with E-state index in [4.69, 9.17) is 33.3 Å². The summed E-state index contributed by atoms with van der Waals surface area (Å²) in [7, 11) is -4.22. The van der Waals surface area contributed by atoms with Crippen molar-refractivity contribution in [2.24, 2.45) is 11.8 Å². The van der Waals surface area contributed by atoms with Crippen LogP contribution >= 0.6 is 61.1 Å². The number of sulfonamides is 2. The van der Waals surface area contributed by atoms with E-state index >= 15 is 0 Å². The van der Waals surface area contributed by atoms with Crippen LogP contribution in [0.4, 0.5) is 26.0 Å². The van der Waals surface area contributed by atoms with E-state index in [1.54, 1.807) is 19.1 Å². The third-order valence-corrected chi connectivity index (χ3v) is 19.2. The average molecular weight is 2070 g/mol. The molecule has 6 heterocycles. The van der Waals surface area contributed by atoms with E-state index < -0.39 is 50.3 Å². The summed E-state index contributed by atoms with van der Waals surface area (Å²) in [6, 6.07) is 37.3. The molecule has 0 saturated carbocycles. The fraction of sp³-hybridized carbons (Fsp3) is 0.328. The molecule has 0 aliphatic carbocycles. The number of imide groups is 2. The summed E-state index contributed by atoms with van der Waals surface area (Å²) in [5, 5.41) is 22.4. The van der Waals surface area contributed by atoms with E-state index in [2.05, 4.69) is 41.3 Å². The van der Waals surface area contributed by atoms with Gasteiger partial charge in [-0.25, -0.2) is 36.2 Å². The number of furan rings is 2. The summed E-state index contributed by atoms with van der Waals surface area (Å²) in [6.07, 6.45) is 2.34. The molecule has 8 aromatic rings. The Morgan fingerprint density at radius 1 is 0.663 bits per heavy atom. The van der Waals surface area contributed by atoms with Gasteiger partial charge in [0.05, 0.1) is 53.6 Å². The van der Waals surface area contributed by atoms with Crippen LogP contribution in [0, 0.1) is 32.8 Å². The number of ether oxygens (including phenoxy) is 2. The van der Waals surface area contributed by atoms with E-state index in [-0.39, 0.29) is 270 Å². The SMILES string of the molecule is CNC(=O)c1c(-c2ccc(C)cc2)oc2nc(N(CCC[C@H](C)C(=O)N3C(=O)OC[C@@H]3Cc3ccccc3)S(C)(=O)=O)c(I)cc12.CNC(=O)c1c(-c2ccc(C)cc2)oc2nc(NS(C)(=O)=O)c(I)cc12.C[C@@H](CCCBr)C(=O)N1C(=O)OC[C@@H]1Cc1ccccc1.O=C([O-])O.[Cs+].[Cs+].[I-].[Na+]. The number of hydrogen-bond donors (Lipinski definition) is 4. The Morgan fingerprint density at radius 3 is 1.43 bits per heavy atom. The van der Waals surface area contributed by atoms with Crippen LogP contribution in [0.2, 0.25) is 0 Å². The first-order valence-corrected chi connectivity index (χ1v) is 37.3. The van der Waals surface area contributed by atoms with Crippen molar-refractivity contribution in [2.75, 3.05) is 60.7 Å². The van der Waals surface area contributed by atoms with Crippen LogP contribution in [-0.2, 0) is 52.0 Å². The van der Waals surface area contributed by atoms with Gasteiger partial charge in [-0.3, -0.25) is 28.2 Å². The number of fused-ring (bicyclic) bond motifs is 2. The first-order chi connectivity index (χ1) is 45.9. The summed E-state index contributed by atoms with van der Waals surface area (Å²) in [5.74, 6) is -0.820. The van der Waals surface area contributed by atoms with E-state index in [1.165, 1.54) is 28.2 Å². The second kappa shape index (κ2) is 43.6. The number of benzene rings is 4. The van der Waals surface area contributed by atoms with Crippen molar-refractivity contribution in [1.29, 1.82) is 0 Å². The molecule has 4 N–H and O–H groups in total. The van der Waals surface area contributed by atoms with E-state index in [1.807, 2.05) is 175 Å².